The Labute approximate surface area is 107 Å². The smallest absolute Gasteiger partial charge is 0.251 e. The van der Waals surface area contributed by atoms with Crippen LogP contribution < -0.4 is 16.8 Å². The summed E-state index contributed by atoms with van der Waals surface area (Å²) in [4.78, 5) is 23.1. The molecular formula is C13H19N3O2. The number of nitrogens with two attached hydrogens (primary N) is 2. The lowest BCUT2D eigenvalue weighted by Crippen LogP contribution is -2.44. The van der Waals surface area contributed by atoms with E-state index < -0.39 is 11.9 Å². The average molecular weight is 249 g/mol. The van der Waals surface area contributed by atoms with Crippen molar-refractivity contribution in [1.29, 1.82) is 0 Å². The van der Waals surface area contributed by atoms with E-state index in [2.05, 4.69) is 5.32 Å². The first-order valence-electron chi connectivity index (χ1n) is 5.97. The van der Waals surface area contributed by atoms with E-state index in [1.807, 2.05) is 13.0 Å². The zero-order valence-electron chi connectivity index (χ0n) is 10.5. The number of hydrogen-bond donors (Lipinski definition) is 3. The van der Waals surface area contributed by atoms with Gasteiger partial charge in [0.25, 0.3) is 5.91 Å². The Kier molecular flexibility index (Phi) is 5.32. The molecule has 0 radical (unpaired) electrons. The fourth-order valence-corrected chi connectivity index (χ4v) is 1.66. The summed E-state index contributed by atoms with van der Waals surface area (Å²) in [7, 11) is 0. The SMILES string of the molecule is CCCC(NC(=O)c1cccc(CN)c1)C(N)=O. The first-order valence-corrected chi connectivity index (χ1v) is 5.97. The van der Waals surface area contributed by atoms with Gasteiger partial charge in [-0.3, -0.25) is 9.59 Å². The molecule has 0 saturated carbocycles. The fraction of sp³-hybridized carbons (Fsp3) is 0.385. The maximum absolute atomic E-state index is 11.9. The number of carbonyl (C=O) groups excluding carboxylic acids is 2. The van der Waals surface area contributed by atoms with E-state index in [1.165, 1.54) is 0 Å². The third kappa shape index (κ3) is 3.85. The van der Waals surface area contributed by atoms with E-state index in [-0.39, 0.29) is 5.91 Å². The Hall–Kier alpha value is -1.88. The molecule has 1 aromatic carbocycles. The molecule has 5 nitrogen and oxygen atoms in total. The lowest BCUT2D eigenvalue weighted by Gasteiger charge is -2.14. The van der Waals surface area contributed by atoms with Crippen molar-refractivity contribution in [3.05, 3.63) is 35.4 Å². The zero-order chi connectivity index (χ0) is 13.5. The van der Waals surface area contributed by atoms with Gasteiger partial charge in [-0.1, -0.05) is 25.5 Å². The van der Waals surface area contributed by atoms with Crippen LogP contribution in [0.5, 0.6) is 0 Å². The van der Waals surface area contributed by atoms with E-state index in [1.54, 1.807) is 18.2 Å². The van der Waals surface area contributed by atoms with Gasteiger partial charge in [0, 0.05) is 12.1 Å². The lowest BCUT2D eigenvalue weighted by atomic mass is 10.1. The van der Waals surface area contributed by atoms with E-state index in [4.69, 9.17) is 11.5 Å². The van der Waals surface area contributed by atoms with Crippen LogP contribution in [0.1, 0.15) is 35.7 Å². The number of primary amides is 1. The van der Waals surface area contributed by atoms with Crippen LogP contribution in [0.2, 0.25) is 0 Å². The van der Waals surface area contributed by atoms with Crippen LogP contribution in [0.3, 0.4) is 0 Å². The molecule has 0 aliphatic carbocycles. The van der Waals surface area contributed by atoms with Gasteiger partial charge >= 0.3 is 0 Å². The summed E-state index contributed by atoms with van der Waals surface area (Å²) in [6.45, 7) is 2.30. The normalized spacial score (nSPS) is 11.9. The largest absolute Gasteiger partial charge is 0.368 e. The van der Waals surface area contributed by atoms with Crippen LogP contribution >= 0.6 is 0 Å². The zero-order valence-corrected chi connectivity index (χ0v) is 10.5. The van der Waals surface area contributed by atoms with Gasteiger partial charge in [0.2, 0.25) is 5.91 Å². The van der Waals surface area contributed by atoms with Gasteiger partial charge in [0.1, 0.15) is 6.04 Å². The second kappa shape index (κ2) is 6.76. The number of carbonyl (C=O) groups is 2. The molecule has 0 aliphatic heterocycles. The minimum absolute atomic E-state index is 0.303. The first kappa shape index (κ1) is 14.2. The molecule has 18 heavy (non-hydrogen) atoms. The third-order valence-corrected chi connectivity index (χ3v) is 2.65. The first-order chi connectivity index (χ1) is 8.58. The van der Waals surface area contributed by atoms with Gasteiger partial charge in [0.05, 0.1) is 0 Å². The van der Waals surface area contributed by atoms with E-state index >= 15 is 0 Å². The predicted molar refractivity (Wildman–Crippen MR) is 69.7 cm³/mol. The fourth-order valence-electron chi connectivity index (χ4n) is 1.66. The van der Waals surface area contributed by atoms with Gasteiger partial charge < -0.3 is 16.8 Å². The van der Waals surface area contributed by atoms with Crippen molar-refractivity contribution < 1.29 is 9.59 Å². The standard InChI is InChI=1S/C13H19N3O2/c1-2-4-11(12(15)17)16-13(18)10-6-3-5-9(7-10)8-14/h3,5-7,11H,2,4,8,14H2,1H3,(H2,15,17)(H,16,18). The Balaban J connectivity index is 2.76. The number of benzene rings is 1. The highest BCUT2D eigenvalue weighted by molar-refractivity contribution is 5.97. The van der Waals surface area contributed by atoms with Crippen LogP contribution in [0.25, 0.3) is 0 Å². The molecule has 0 aromatic heterocycles. The quantitative estimate of drug-likeness (QED) is 0.685. The van der Waals surface area contributed by atoms with Gasteiger partial charge in [-0.05, 0) is 24.1 Å². The maximum Gasteiger partial charge on any atom is 0.251 e. The average Bonchev–Trinajstić information content (AvgIpc) is 2.38. The van der Waals surface area contributed by atoms with Gasteiger partial charge in [-0.25, -0.2) is 0 Å². The van der Waals surface area contributed by atoms with Crippen LogP contribution in [0.15, 0.2) is 24.3 Å². The predicted octanol–water partition coefficient (Wildman–Crippen LogP) is 0.529. The molecule has 0 heterocycles. The molecule has 5 heteroatoms. The van der Waals surface area contributed by atoms with E-state index in [0.29, 0.717) is 18.5 Å². The third-order valence-electron chi connectivity index (χ3n) is 2.65. The summed E-state index contributed by atoms with van der Waals surface area (Å²) in [5.41, 5.74) is 12.1. The Morgan fingerprint density at radius 2 is 2.11 bits per heavy atom. The molecular weight excluding hydrogens is 230 g/mol. The summed E-state index contributed by atoms with van der Waals surface area (Å²) in [5, 5.41) is 2.63. The number of rotatable bonds is 6. The molecule has 98 valence electrons. The summed E-state index contributed by atoms with van der Waals surface area (Å²) >= 11 is 0. The summed E-state index contributed by atoms with van der Waals surface area (Å²) in [6, 6.07) is 6.37. The molecule has 1 rings (SSSR count). The summed E-state index contributed by atoms with van der Waals surface area (Å²) < 4.78 is 0. The van der Waals surface area contributed by atoms with Gasteiger partial charge in [0.15, 0.2) is 0 Å². The molecule has 0 saturated heterocycles. The summed E-state index contributed by atoms with van der Waals surface area (Å²) in [6.07, 6.45) is 1.31. The minimum Gasteiger partial charge on any atom is -0.368 e. The molecule has 0 aliphatic rings. The van der Waals surface area contributed by atoms with Crippen LogP contribution in [-0.2, 0) is 11.3 Å². The monoisotopic (exact) mass is 249 g/mol. The number of hydrogen-bond acceptors (Lipinski definition) is 3. The molecule has 1 aromatic rings. The van der Waals surface area contributed by atoms with Crippen molar-refractivity contribution in [1.82, 2.24) is 5.32 Å². The highest BCUT2D eigenvalue weighted by Gasteiger charge is 2.17. The Morgan fingerprint density at radius 1 is 1.39 bits per heavy atom. The van der Waals surface area contributed by atoms with E-state index in [9.17, 15) is 9.59 Å². The molecule has 1 atom stereocenters. The topological polar surface area (TPSA) is 98.2 Å². The lowest BCUT2D eigenvalue weighted by molar-refractivity contribution is -0.120. The van der Waals surface area contributed by atoms with Crippen molar-refractivity contribution in [2.75, 3.05) is 0 Å². The summed E-state index contributed by atoms with van der Waals surface area (Å²) in [5.74, 6) is -0.817. The highest BCUT2D eigenvalue weighted by Crippen LogP contribution is 2.06. The molecule has 0 spiro atoms. The van der Waals surface area contributed by atoms with Crippen molar-refractivity contribution in [2.45, 2.75) is 32.4 Å². The van der Waals surface area contributed by atoms with Gasteiger partial charge in [-0.15, -0.1) is 0 Å². The molecule has 5 N–H and O–H groups in total. The molecule has 2 amide bonds. The van der Waals surface area contributed by atoms with Crippen LogP contribution in [-0.4, -0.2) is 17.9 Å². The van der Waals surface area contributed by atoms with E-state index in [0.717, 1.165) is 12.0 Å². The minimum atomic E-state index is -0.621. The van der Waals surface area contributed by atoms with Crippen LogP contribution in [0.4, 0.5) is 0 Å². The molecule has 0 bridgehead atoms. The van der Waals surface area contributed by atoms with Gasteiger partial charge in [-0.2, -0.15) is 0 Å². The van der Waals surface area contributed by atoms with Crippen molar-refractivity contribution in [3.8, 4) is 0 Å². The Bertz CT molecular complexity index is 432. The Morgan fingerprint density at radius 3 is 2.67 bits per heavy atom. The van der Waals surface area contributed by atoms with Crippen molar-refractivity contribution in [3.63, 3.8) is 0 Å². The molecule has 0 fully saturated rings. The van der Waals surface area contributed by atoms with Crippen LogP contribution in [0, 0.1) is 0 Å². The highest BCUT2D eigenvalue weighted by atomic mass is 16.2. The number of amides is 2. The second-order valence-corrected chi connectivity index (χ2v) is 4.12. The second-order valence-electron chi connectivity index (χ2n) is 4.12. The van der Waals surface area contributed by atoms with Crippen molar-refractivity contribution in [2.24, 2.45) is 11.5 Å². The maximum atomic E-state index is 11.9. The molecule has 1 unspecified atom stereocenters. The van der Waals surface area contributed by atoms with Crippen molar-refractivity contribution >= 4 is 11.8 Å². The number of nitrogens with one attached hydrogen (secondary N) is 1.